The molecule has 0 radical (unpaired) electrons. The number of halogens is 4. The number of alkyl halides is 3. The zero-order valence-corrected chi connectivity index (χ0v) is 10.2. The van der Waals surface area contributed by atoms with E-state index in [0.717, 1.165) is 6.07 Å². The number of carbonyl (C=O) groups excluding carboxylic acids is 1. The minimum Gasteiger partial charge on any atom is -0.462 e. The molecule has 0 aromatic carbocycles. The van der Waals surface area contributed by atoms with Gasteiger partial charge in [0.25, 0.3) is 0 Å². The third-order valence-electron chi connectivity index (χ3n) is 1.77. The van der Waals surface area contributed by atoms with Crippen LogP contribution in [0.25, 0.3) is 0 Å². The molecular formula is C9H8BrF3N2O2. The van der Waals surface area contributed by atoms with E-state index in [1.54, 1.807) is 6.92 Å². The lowest BCUT2D eigenvalue weighted by atomic mass is 10.2. The van der Waals surface area contributed by atoms with Gasteiger partial charge in [-0.1, -0.05) is 0 Å². The summed E-state index contributed by atoms with van der Waals surface area (Å²) in [4.78, 5) is 14.5. The van der Waals surface area contributed by atoms with Gasteiger partial charge in [-0.25, -0.2) is 9.78 Å². The predicted molar refractivity (Wildman–Crippen MR) is 57.3 cm³/mol. The van der Waals surface area contributed by atoms with Gasteiger partial charge in [0.2, 0.25) is 0 Å². The van der Waals surface area contributed by atoms with Crippen molar-refractivity contribution in [2.75, 3.05) is 12.3 Å². The number of hydrogen-bond donors (Lipinski definition) is 1. The van der Waals surface area contributed by atoms with Crippen LogP contribution in [-0.2, 0) is 10.9 Å². The van der Waals surface area contributed by atoms with Gasteiger partial charge in [-0.05, 0) is 28.9 Å². The zero-order valence-electron chi connectivity index (χ0n) is 8.64. The molecule has 1 heterocycles. The van der Waals surface area contributed by atoms with Crippen LogP contribution in [0.4, 0.5) is 19.0 Å². The molecule has 0 bridgehead atoms. The fourth-order valence-electron chi connectivity index (χ4n) is 1.07. The molecule has 0 aliphatic rings. The summed E-state index contributed by atoms with van der Waals surface area (Å²) in [7, 11) is 0. The summed E-state index contributed by atoms with van der Waals surface area (Å²) in [5, 5.41) is 0. The van der Waals surface area contributed by atoms with E-state index in [9.17, 15) is 18.0 Å². The van der Waals surface area contributed by atoms with Crippen molar-refractivity contribution in [1.29, 1.82) is 0 Å². The highest BCUT2D eigenvalue weighted by atomic mass is 79.9. The molecule has 0 atom stereocenters. The second kappa shape index (κ2) is 4.91. The summed E-state index contributed by atoms with van der Waals surface area (Å²) in [5.74, 6) is -1.33. The number of nitrogens with two attached hydrogens (primary N) is 1. The average Bonchev–Trinajstić information content (AvgIpc) is 2.19. The molecule has 8 heteroatoms. The number of esters is 1. The lowest BCUT2D eigenvalue weighted by molar-refractivity contribution is -0.141. The standard InChI is InChI=1S/C9H8BrF3N2O2/c1-2-17-8(16)4-3-5(10)6(9(11,12)13)15-7(4)14/h3H,2H2,1H3,(H2,14,15). The second-order valence-electron chi connectivity index (χ2n) is 2.97. The van der Waals surface area contributed by atoms with E-state index >= 15 is 0 Å². The molecule has 1 aromatic rings. The monoisotopic (exact) mass is 312 g/mol. The highest BCUT2D eigenvalue weighted by Gasteiger charge is 2.36. The first-order valence-electron chi connectivity index (χ1n) is 4.47. The van der Waals surface area contributed by atoms with E-state index in [1.165, 1.54) is 0 Å². The molecule has 2 N–H and O–H groups in total. The first-order chi connectivity index (χ1) is 7.77. The number of hydrogen-bond acceptors (Lipinski definition) is 4. The van der Waals surface area contributed by atoms with Crippen LogP contribution in [0.15, 0.2) is 10.5 Å². The van der Waals surface area contributed by atoms with Gasteiger partial charge in [0, 0.05) is 4.47 Å². The summed E-state index contributed by atoms with van der Waals surface area (Å²) in [6.45, 7) is 1.66. The van der Waals surface area contributed by atoms with Gasteiger partial charge in [0.15, 0.2) is 5.69 Å². The summed E-state index contributed by atoms with van der Waals surface area (Å²) in [6.07, 6.45) is -4.64. The molecule has 0 spiro atoms. The molecule has 0 unspecified atom stereocenters. The van der Waals surface area contributed by atoms with Crippen molar-refractivity contribution in [2.24, 2.45) is 0 Å². The summed E-state index contributed by atoms with van der Waals surface area (Å²) >= 11 is 2.69. The molecule has 0 aliphatic carbocycles. The molecular weight excluding hydrogens is 305 g/mol. The van der Waals surface area contributed by atoms with Crippen LogP contribution in [0.3, 0.4) is 0 Å². The average molecular weight is 313 g/mol. The Balaban J connectivity index is 3.23. The Labute approximate surface area is 103 Å². The SMILES string of the molecule is CCOC(=O)c1cc(Br)c(C(F)(F)F)nc1N. The van der Waals surface area contributed by atoms with E-state index in [1.807, 2.05) is 0 Å². The normalized spacial score (nSPS) is 11.4. The number of nitrogen functional groups attached to an aromatic ring is 1. The minimum absolute atomic E-state index is 0.0942. The summed E-state index contributed by atoms with van der Waals surface area (Å²) in [6, 6.07) is 0.948. The minimum atomic E-state index is -4.64. The van der Waals surface area contributed by atoms with E-state index in [-0.39, 0.29) is 16.6 Å². The quantitative estimate of drug-likeness (QED) is 0.853. The van der Waals surface area contributed by atoms with Gasteiger partial charge in [-0.15, -0.1) is 0 Å². The smallest absolute Gasteiger partial charge is 0.434 e. The predicted octanol–water partition coefficient (Wildman–Crippen LogP) is 2.62. The van der Waals surface area contributed by atoms with Crippen LogP contribution in [0.2, 0.25) is 0 Å². The van der Waals surface area contributed by atoms with Crippen LogP contribution < -0.4 is 5.73 Å². The fraction of sp³-hybridized carbons (Fsp3) is 0.333. The maximum Gasteiger partial charge on any atom is 0.434 e. The fourth-order valence-corrected chi connectivity index (χ4v) is 1.62. The summed E-state index contributed by atoms with van der Waals surface area (Å²) in [5.41, 5.74) is 3.91. The van der Waals surface area contributed by atoms with Crippen molar-refractivity contribution < 1.29 is 22.7 Å². The number of ether oxygens (including phenoxy) is 1. The Bertz CT molecular complexity index is 449. The Kier molecular flexibility index (Phi) is 3.97. The first kappa shape index (κ1) is 13.8. The Morgan fingerprint density at radius 3 is 2.65 bits per heavy atom. The van der Waals surface area contributed by atoms with Gasteiger partial charge in [0.05, 0.1) is 6.61 Å². The first-order valence-corrected chi connectivity index (χ1v) is 5.27. The molecule has 17 heavy (non-hydrogen) atoms. The highest BCUT2D eigenvalue weighted by Crippen LogP contribution is 2.34. The third kappa shape index (κ3) is 3.09. The van der Waals surface area contributed by atoms with E-state index in [4.69, 9.17) is 5.73 Å². The number of rotatable bonds is 2. The van der Waals surface area contributed by atoms with E-state index in [2.05, 4.69) is 25.7 Å². The van der Waals surface area contributed by atoms with E-state index in [0.29, 0.717) is 0 Å². The lowest BCUT2D eigenvalue weighted by Gasteiger charge is -2.11. The van der Waals surface area contributed by atoms with Crippen LogP contribution in [-0.4, -0.2) is 17.6 Å². The van der Waals surface area contributed by atoms with E-state index < -0.39 is 23.7 Å². The molecule has 1 aromatic heterocycles. The van der Waals surface area contributed by atoms with Crippen LogP contribution in [0.5, 0.6) is 0 Å². The van der Waals surface area contributed by atoms with Crippen LogP contribution in [0.1, 0.15) is 23.0 Å². The number of nitrogens with zero attached hydrogens (tertiary/aromatic N) is 1. The van der Waals surface area contributed by atoms with Gasteiger partial charge in [0.1, 0.15) is 11.4 Å². The molecule has 1 rings (SSSR count). The molecule has 94 valence electrons. The van der Waals surface area contributed by atoms with Crippen molar-refractivity contribution in [2.45, 2.75) is 13.1 Å². The Morgan fingerprint density at radius 2 is 2.18 bits per heavy atom. The van der Waals surface area contributed by atoms with Crippen molar-refractivity contribution in [3.63, 3.8) is 0 Å². The Hall–Kier alpha value is -1.31. The van der Waals surface area contributed by atoms with Crippen molar-refractivity contribution in [1.82, 2.24) is 4.98 Å². The number of anilines is 1. The van der Waals surface area contributed by atoms with Gasteiger partial charge < -0.3 is 10.5 Å². The van der Waals surface area contributed by atoms with Gasteiger partial charge >= 0.3 is 12.1 Å². The molecule has 0 saturated heterocycles. The van der Waals surface area contributed by atoms with Gasteiger partial charge in [-0.2, -0.15) is 13.2 Å². The number of carbonyl (C=O) groups is 1. The lowest BCUT2D eigenvalue weighted by Crippen LogP contribution is -2.15. The maximum atomic E-state index is 12.4. The number of aromatic nitrogens is 1. The third-order valence-corrected chi connectivity index (χ3v) is 2.37. The number of pyridine rings is 1. The van der Waals surface area contributed by atoms with Crippen LogP contribution in [0, 0.1) is 0 Å². The molecule has 0 saturated carbocycles. The second-order valence-corrected chi connectivity index (χ2v) is 3.82. The largest absolute Gasteiger partial charge is 0.462 e. The maximum absolute atomic E-state index is 12.4. The zero-order chi connectivity index (χ0) is 13.2. The van der Waals surface area contributed by atoms with Crippen molar-refractivity contribution >= 4 is 27.7 Å². The molecule has 0 amide bonds. The topological polar surface area (TPSA) is 65.2 Å². The molecule has 0 fully saturated rings. The van der Waals surface area contributed by atoms with Crippen molar-refractivity contribution in [3.8, 4) is 0 Å². The van der Waals surface area contributed by atoms with Gasteiger partial charge in [-0.3, -0.25) is 0 Å². The highest BCUT2D eigenvalue weighted by molar-refractivity contribution is 9.10. The molecule has 4 nitrogen and oxygen atoms in total. The Morgan fingerprint density at radius 1 is 1.59 bits per heavy atom. The van der Waals surface area contributed by atoms with Crippen LogP contribution >= 0.6 is 15.9 Å². The molecule has 0 aliphatic heterocycles. The van der Waals surface area contributed by atoms with Crippen molar-refractivity contribution in [3.05, 3.63) is 21.8 Å². The summed E-state index contributed by atoms with van der Waals surface area (Å²) < 4.78 is 41.6.